The number of amides is 1. The van der Waals surface area contributed by atoms with Crippen molar-refractivity contribution in [2.45, 2.75) is 12.8 Å². The molecule has 0 radical (unpaired) electrons. The summed E-state index contributed by atoms with van der Waals surface area (Å²) in [7, 11) is 0. The number of benzene rings is 1. The summed E-state index contributed by atoms with van der Waals surface area (Å²) in [5, 5.41) is 2.78. The van der Waals surface area contributed by atoms with E-state index in [1.54, 1.807) is 0 Å². The monoisotopic (exact) mass is 233 g/mol. The molecule has 0 aromatic heterocycles. The van der Waals surface area contributed by atoms with Gasteiger partial charge in [0.05, 0.1) is 0 Å². The van der Waals surface area contributed by atoms with Crippen LogP contribution in [0.15, 0.2) is 30.3 Å². The van der Waals surface area contributed by atoms with E-state index in [9.17, 15) is 4.79 Å². The van der Waals surface area contributed by atoms with Gasteiger partial charge in [0.15, 0.2) is 0 Å². The first-order valence-corrected chi connectivity index (χ1v) is 4.77. The van der Waals surface area contributed by atoms with Gasteiger partial charge in [0.2, 0.25) is 5.91 Å². The highest BCUT2D eigenvalue weighted by molar-refractivity contribution is 6.18. The van der Waals surface area contributed by atoms with Crippen molar-refractivity contribution in [1.82, 2.24) is 0 Å². The highest BCUT2D eigenvalue weighted by Crippen LogP contribution is 2.05. The molecule has 4 heteroatoms. The molecule has 0 aliphatic rings. The first-order valence-electron chi connectivity index (χ1n) is 4.24. The van der Waals surface area contributed by atoms with Gasteiger partial charge in [-0.05, 0) is 18.6 Å². The van der Waals surface area contributed by atoms with Gasteiger partial charge in [0, 0.05) is 18.0 Å². The van der Waals surface area contributed by atoms with E-state index in [2.05, 4.69) is 5.32 Å². The highest BCUT2D eigenvalue weighted by Gasteiger charge is 1.99. The number of carbonyl (C=O) groups is 1. The summed E-state index contributed by atoms with van der Waals surface area (Å²) >= 11 is 5.47. The molecular weight excluding hydrogens is 221 g/mol. The second-order valence-electron chi connectivity index (χ2n) is 2.71. The lowest BCUT2D eigenvalue weighted by Crippen LogP contribution is -2.10. The average Bonchev–Trinajstić information content (AvgIpc) is 2.16. The van der Waals surface area contributed by atoms with Crippen LogP contribution in [0.5, 0.6) is 0 Å². The third kappa shape index (κ3) is 5.10. The van der Waals surface area contributed by atoms with Gasteiger partial charge in [-0.25, -0.2) is 0 Å². The van der Waals surface area contributed by atoms with Crippen molar-refractivity contribution in [2.75, 3.05) is 11.2 Å². The van der Waals surface area contributed by atoms with Crippen LogP contribution in [-0.4, -0.2) is 11.8 Å². The number of carbonyl (C=O) groups excluding carboxylic acids is 1. The van der Waals surface area contributed by atoms with Crippen LogP contribution in [0, 0.1) is 0 Å². The number of halogens is 2. The summed E-state index contributed by atoms with van der Waals surface area (Å²) in [6.45, 7) is 0. The van der Waals surface area contributed by atoms with Gasteiger partial charge < -0.3 is 5.32 Å². The molecule has 0 aliphatic carbocycles. The van der Waals surface area contributed by atoms with Crippen LogP contribution in [0.2, 0.25) is 0 Å². The van der Waals surface area contributed by atoms with Gasteiger partial charge in [-0.15, -0.1) is 24.0 Å². The maximum atomic E-state index is 11.2. The maximum Gasteiger partial charge on any atom is 0.224 e. The number of rotatable bonds is 4. The molecule has 1 N–H and O–H groups in total. The Morgan fingerprint density at radius 1 is 1.29 bits per heavy atom. The topological polar surface area (TPSA) is 29.1 Å². The largest absolute Gasteiger partial charge is 0.326 e. The predicted octanol–water partition coefficient (Wildman–Crippen LogP) is 3.07. The lowest BCUT2D eigenvalue weighted by molar-refractivity contribution is -0.116. The normalized spacial score (nSPS) is 8.93. The quantitative estimate of drug-likeness (QED) is 0.797. The van der Waals surface area contributed by atoms with Gasteiger partial charge >= 0.3 is 0 Å². The van der Waals surface area contributed by atoms with E-state index in [0.717, 1.165) is 12.1 Å². The fourth-order valence-corrected chi connectivity index (χ4v) is 1.11. The minimum absolute atomic E-state index is 0. The van der Waals surface area contributed by atoms with E-state index in [0.29, 0.717) is 12.3 Å². The van der Waals surface area contributed by atoms with Gasteiger partial charge in [-0.2, -0.15) is 0 Å². The summed E-state index contributed by atoms with van der Waals surface area (Å²) in [4.78, 5) is 11.2. The molecule has 0 fully saturated rings. The first-order chi connectivity index (χ1) is 6.33. The summed E-state index contributed by atoms with van der Waals surface area (Å²) in [5.74, 6) is 0.550. The van der Waals surface area contributed by atoms with Gasteiger partial charge in [0.25, 0.3) is 0 Å². The van der Waals surface area contributed by atoms with Crippen molar-refractivity contribution in [1.29, 1.82) is 0 Å². The van der Waals surface area contributed by atoms with Crippen molar-refractivity contribution >= 4 is 35.6 Å². The Bertz CT molecular complexity index is 264. The molecular formula is C10H13Cl2NO. The number of hydrogen-bond acceptors (Lipinski definition) is 1. The zero-order valence-corrected chi connectivity index (χ0v) is 9.27. The third-order valence-electron chi connectivity index (χ3n) is 1.60. The molecule has 0 saturated carbocycles. The molecule has 0 saturated heterocycles. The summed E-state index contributed by atoms with van der Waals surface area (Å²) in [6, 6.07) is 9.40. The zero-order chi connectivity index (χ0) is 9.52. The minimum atomic E-state index is 0. The Hall–Kier alpha value is -0.730. The maximum absolute atomic E-state index is 11.2. The lowest BCUT2D eigenvalue weighted by atomic mass is 10.3. The first kappa shape index (κ1) is 13.3. The SMILES string of the molecule is Cl.O=C(CCCCl)Nc1ccccc1. The van der Waals surface area contributed by atoms with Crippen molar-refractivity contribution in [3.8, 4) is 0 Å². The second kappa shape index (κ2) is 7.65. The summed E-state index contributed by atoms with van der Waals surface area (Å²) in [6.07, 6.45) is 1.21. The Kier molecular flexibility index (Phi) is 7.25. The standard InChI is InChI=1S/C10H12ClNO.ClH/c11-8-4-7-10(13)12-9-5-2-1-3-6-9;/h1-3,5-6H,4,7-8H2,(H,12,13);1H. The number of hydrogen-bond donors (Lipinski definition) is 1. The van der Waals surface area contributed by atoms with Crippen LogP contribution in [0.1, 0.15) is 12.8 Å². The Labute approximate surface area is 95.1 Å². The fourth-order valence-electron chi connectivity index (χ4n) is 0.972. The van der Waals surface area contributed by atoms with Crippen molar-refractivity contribution in [3.63, 3.8) is 0 Å². The molecule has 1 rings (SSSR count). The number of alkyl halides is 1. The van der Waals surface area contributed by atoms with Gasteiger partial charge in [0.1, 0.15) is 0 Å². The summed E-state index contributed by atoms with van der Waals surface area (Å²) < 4.78 is 0. The van der Waals surface area contributed by atoms with Gasteiger partial charge in [-0.1, -0.05) is 18.2 Å². The lowest BCUT2D eigenvalue weighted by Gasteiger charge is -2.02. The number of nitrogens with one attached hydrogen (secondary N) is 1. The molecule has 0 heterocycles. The van der Waals surface area contributed by atoms with Crippen molar-refractivity contribution in [2.24, 2.45) is 0 Å². The molecule has 2 nitrogen and oxygen atoms in total. The van der Waals surface area contributed by atoms with Crippen LogP contribution in [-0.2, 0) is 4.79 Å². The van der Waals surface area contributed by atoms with Crippen molar-refractivity contribution < 1.29 is 4.79 Å². The number of anilines is 1. The highest BCUT2D eigenvalue weighted by atomic mass is 35.5. The molecule has 14 heavy (non-hydrogen) atoms. The predicted molar refractivity (Wildman–Crippen MR) is 62.3 cm³/mol. The van der Waals surface area contributed by atoms with Crippen LogP contribution in [0.4, 0.5) is 5.69 Å². The van der Waals surface area contributed by atoms with Crippen LogP contribution in [0.3, 0.4) is 0 Å². The molecule has 1 aromatic rings. The molecule has 0 bridgehead atoms. The van der Waals surface area contributed by atoms with E-state index in [1.807, 2.05) is 30.3 Å². The van der Waals surface area contributed by atoms with Crippen LogP contribution in [0.25, 0.3) is 0 Å². The van der Waals surface area contributed by atoms with Crippen LogP contribution < -0.4 is 5.32 Å². The van der Waals surface area contributed by atoms with E-state index < -0.39 is 0 Å². The van der Waals surface area contributed by atoms with E-state index >= 15 is 0 Å². The van der Waals surface area contributed by atoms with Gasteiger partial charge in [-0.3, -0.25) is 4.79 Å². The minimum Gasteiger partial charge on any atom is -0.326 e. The third-order valence-corrected chi connectivity index (χ3v) is 1.86. The van der Waals surface area contributed by atoms with E-state index in [-0.39, 0.29) is 18.3 Å². The van der Waals surface area contributed by atoms with Crippen molar-refractivity contribution in [3.05, 3.63) is 30.3 Å². The Balaban J connectivity index is 0.00000169. The smallest absolute Gasteiger partial charge is 0.224 e. The molecule has 78 valence electrons. The molecule has 0 atom stereocenters. The fraction of sp³-hybridized carbons (Fsp3) is 0.300. The number of para-hydroxylation sites is 1. The Morgan fingerprint density at radius 2 is 1.93 bits per heavy atom. The Morgan fingerprint density at radius 3 is 2.50 bits per heavy atom. The van der Waals surface area contributed by atoms with E-state index in [1.165, 1.54) is 0 Å². The molecule has 0 aliphatic heterocycles. The molecule has 1 amide bonds. The summed E-state index contributed by atoms with van der Waals surface area (Å²) in [5.41, 5.74) is 0.835. The van der Waals surface area contributed by atoms with Crippen LogP contribution >= 0.6 is 24.0 Å². The molecule has 0 spiro atoms. The second-order valence-corrected chi connectivity index (χ2v) is 3.08. The zero-order valence-electron chi connectivity index (χ0n) is 7.70. The molecule has 1 aromatic carbocycles. The molecule has 0 unspecified atom stereocenters. The van der Waals surface area contributed by atoms with E-state index in [4.69, 9.17) is 11.6 Å². The average molecular weight is 234 g/mol.